The van der Waals surface area contributed by atoms with Crippen LogP contribution in [0, 0.1) is 0 Å². The van der Waals surface area contributed by atoms with Gasteiger partial charge in [0, 0.05) is 56.6 Å². The second kappa shape index (κ2) is 9.56. The molecule has 0 unspecified atom stereocenters. The fourth-order valence-electron chi connectivity index (χ4n) is 3.56. The zero-order valence-corrected chi connectivity index (χ0v) is 17.4. The van der Waals surface area contributed by atoms with Crippen molar-refractivity contribution in [1.29, 1.82) is 0 Å². The van der Waals surface area contributed by atoms with Crippen molar-refractivity contribution in [1.82, 2.24) is 9.80 Å². The molecule has 1 saturated heterocycles. The number of ketones is 1. The molecule has 29 heavy (non-hydrogen) atoms. The molecule has 0 aromatic heterocycles. The molecule has 0 saturated carbocycles. The van der Waals surface area contributed by atoms with Gasteiger partial charge in [0.25, 0.3) is 0 Å². The molecule has 0 bridgehead atoms. The second-order valence-corrected chi connectivity index (χ2v) is 7.43. The molecule has 1 fully saturated rings. The summed E-state index contributed by atoms with van der Waals surface area (Å²) in [4.78, 5) is 30.3. The van der Waals surface area contributed by atoms with Crippen LogP contribution >= 0.6 is 0 Å². The van der Waals surface area contributed by atoms with E-state index in [1.807, 2.05) is 55.6 Å². The van der Waals surface area contributed by atoms with E-state index in [-0.39, 0.29) is 11.7 Å². The quantitative estimate of drug-likeness (QED) is 0.675. The number of hydrogen-bond donors (Lipinski definition) is 0. The highest BCUT2D eigenvalue weighted by Crippen LogP contribution is 2.20. The number of amides is 1. The lowest BCUT2D eigenvalue weighted by atomic mass is 10.1. The topological polar surface area (TPSA) is 53.1 Å². The number of hydrogen-bond acceptors (Lipinski definition) is 5. The van der Waals surface area contributed by atoms with Gasteiger partial charge in [-0.1, -0.05) is 18.2 Å². The number of para-hydroxylation sites is 1. The molecule has 2 aromatic rings. The van der Waals surface area contributed by atoms with Gasteiger partial charge in [-0.25, -0.2) is 0 Å². The van der Waals surface area contributed by atoms with Gasteiger partial charge in [-0.05, 0) is 37.3 Å². The summed E-state index contributed by atoms with van der Waals surface area (Å²) in [5.41, 5.74) is 2.86. The molecule has 0 aliphatic carbocycles. The van der Waals surface area contributed by atoms with Crippen molar-refractivity contribution >= 4 is 17.4 Å². The van der Waals surface area contributed by atoms with Crippen LogP contribution in [-0.2, 0) is 11.3 Å². The molecule has 1 aliphatic rings. The van der Waals surface area contributed by atoms with Crippen molar-refractivity contribution in [3.05, 3.63) is 59.7 Å². The first-order valence-corrected chi connectivity index (χ1v) is 9.92. The summed E-state index contributed by atoms with van der Waals surface area (Å²) < 4.78 is 5.38. The summed E-state index contributed by atoms with van der Waals surface area (Å²) in [7, 11) is 3.48. The minimum Gasteiger partial charge on any atom is -0.496 e. The molecule has 154 valence electrons. The van der Waals surface area contributed by atoms with E-state index in [2.05, 4.69) is 9.80 Å². The highest BCUT2D eigenvalue weighted by atomic mass is 16.5. The fourth-order valence-corrected chi connectivity index (χ4v) is 3.56. The van der Waals surface area contributed by atoms with E-state index in [4.69, 9.17) is 4.74 Å². The van der Waals surface area contributed by atoms with Gasteiger partial charge < -0.3 is 14.5 Å². The Morgan fingerprint density at radius 1 is 1.00 bits per heavy atom. The molecule has 2 aromatic carbocycles. The Balaban J connectivity index is 1.49. The van der Waals surface area contributed by atoms with Gasteiger partial charge in [0.2, 0.25) is 5.91 Å². The van der Waals surface area contributed by atoms with E-state index in [0.29, 0.717) is 13.1 Å². The monoisotopic (exact) mass is 395 g/mol. The van der Waals surface area contributed by atoms with E-state index >= 15 is 0 Å². The van der Waals surface area contributed by atoms with Gasteiger partial charge in [0.1, 0.15) is 5.75 Å². The van der Waals surface area contributed by atoms with Crippen molar-refractivity contribution in [3.8, 4) is 5.75 Å². The molecule has 0 N–H and O–H groups in total. The molecule has 1 heterocycles. The number of carbonyl (C=O) groups excluding carboxylic acids is 2. The Hall–Kier alpha value is -2.86. The maximum atomic E-state index is 12.7. The first-order valence-electron chi connectivity index (χ1n) is 9.92. The SMILES string of the molecule is COc1ccccc1CN(C)C(=O)CN1CCN(c2ccc(C(C)=O)cc2)CC1. The maximum Gasteiger partial charge on any atom is 0.236 e. The van der Waals surface area contributed by atoms with Crippen molar-refractivity contribution in [2.24, 2.45) is 0 Å². The van der Waals surface area contributed by atoms with Crippen LogP contribution in [-0.4, -0.2) is 68.4 Å². The van der Waals surface area contributed by atoms with Crippen LogP contribution in [0.3, 0.4) is 0 Å². The number of methoxy groups -OCH3 is 1. The minimum atomic E-state index is 0.0807. The third kappa shape index (κ3) is 5.35. The lowest BCUT2D eigenvalue weighted by molar-refractivity contribution is -0.131. The first kappa shape index (κ1) is 20.9. The Bertz CT molecular complexity index is 843. The summed E-state index contributed by atoms with van der Waals surface area (Å²) in [5.74, 6) is 0.990. The molecule has 0 spiro atoms. The number of piperazine rings is 1. The fraction of sp³-hybridized carbons (Fsp3) is 0.391. The lowest BCUT2D eigenvalue weighted by Crippen LogP contribution is -2.49. The van der Waals surface area contributed by atoms with Gasteiger partial charge in [-0.3, -0.25) is 14.5 Å². The summed E-state index contributed by atoms with van der Waals surface area (Å²) >= 11 is 0. The first-order chi connectivity index (χ1) is 14.0. The van der Waals surface area contributed by atoms with Crippen LogP contribution in [0.4, 0.5) is 5.69 Å². The molecule has 1 amide bonds. The number of benzene rings is 2. The van der Waals surface area contributed by atoms with Crippen LogP contribution in [0.1, 0.15) is 22.8 Å². The summed E-state index contributed by atoms with van der Waals surface area (Å²) in [5, 5.41) is 0. The summed E-state index contributed by atoms with van der Waals surface area (Å²) in [6.07, 6.45) is 0. The minimum absolute atomic E-state index is 0.0807. The number of rotatable bonds is 7. The number of carbonyl (C=O) groups is 2. The molecule has 1 aliphatic heterocycles. The normalized spacial score (nSPS) is 14.5. The van der Waals surface area contributed by atoms with Gasteiger partial charge >= 0.3 is 0 Å². The molecular weight excluding hydrogens is 366 g/mol. The predicted octanol–water partition coefficient (Wildman–Crippen LogP) is 2.68. The van der Waals surface area contributed by atoms with Crippen molar-refractivity contribution in [2.75, 3.05) is 51.8 Å². The predicted molar refractivity (Wildman–Crippen MR) is 115 cm³/mol. The smallest absolute Gasteiger partial charge is 0.236 e. The zero-order valence-electron chi connectivity index (χ0n) is 17.4. The second-order valence-electron chi connectivity index (χ2n) is 7.43. The van der Waals surface area contributed by atoms with Gasteiger partial charge in [-0.2, -0.15) is 0 Å². The number of Topliss-reactive ketones (excluding diaryl/α,β-unsaturated/α-hetero) is 1. The lowest BCUT2D eigenvalue weighted by Gasteiger charge is -2.36. The molecule has 6 heteroatoms. The third-order valence-electron chi connectivity index (χ3n) is 5.40. The van der Waals surface area contributed by atoms with Crippen molar-refractivity contribution < 1.29 is 14.3 Å². The number of ether oxygens (including phenoxy) is 1. The van der Waals surface area contributed by atoms with E-state index in [0.717, 1.165) is 48.7 Å². The van der Waals surface area contributed by atoms with E-state index in [1.165, 1.54) is 0 Å². The summed E-state index contributed by atoms with van der Waals surface area (Å²) in [6.45, 7) is 5.93. The number of anilines is 1. The number of likely N-dealkylation sites (N-methyl/N-ethyl adjacent to an activating group) is 1. The Kier molecular flexibility index (Phi) is 6.88. The largest absolute Gasteiger partial charge is 0.496 e. The van der Waals surface area contributed by atoms with Crippen molar-refractivity contribution in [3.63, 3.8) is 0 Å². The zero-order chi connectivity index (χ0) is 20.8. The van der Waals surface area contributed by atoms with E-state index in [1.54, 1.807) is 18.9 Å². The summed E-state index contributed by atoms with van der Waals surface area (Å²) in [6, 6.07) is 15.5. The van der Waals surface area contributed by atoms with E-state index in [9.17, 15) is 9.59 Å². The molecule has 0 atom stereocenters. The van der Waals surface area contributed by atoms with Gasteiger partial charge in [0.05, 0.1) is 13.7 Å². The van der Waals surface area contributed by atoms with Crippen molar-refractivity contribution in [2.45, 2.75) is 13.5 Å². The van der Waals surface area contributed by atoms with Gasteiger partial charge in [0.15, 0.2) is 5.78 Å². The standard InChI is InChI=1S/C23H29N3O3/c1-18(27)19-8-10-21(11-9-19)26-14-12-25(13-15-26)17-23(28)24(2)16-20-6-4-5-7-22(20)29-3/h4-11H,12-17H2,1-3H3. The van der Waals surface area contributed by atoms with Crippen LogP contribution in [0.15, 0.2) is 48.5 Å². The number of nitrogens with zero attached hydrogens (tertiary/aromatic N) is 3. The Labute approximate surface area is 172 Å². The Morgan fingerprint density at radius 3 is 2.28 bits per heavy atom. The van der Waals surface area contributed by atoms with Crippen LogP contribution < -0.4 is 9.64 Å². The van der Waals surface area contributed by atoms with Crippen LogP contribution in [0.2, 0.25) is 0 Å². The third-order valence-corrected chi connectivity index (χ3v) is 5.40. The van der Waals surface area contributed by atoms with Crippen LogP contribution in [0.5, 0.6) is 5.75 Å². The molecule has 0 radical (unpaired) electrons. The maximum absolute atomic E-state index is 12.7. The molecule has 3 rings (SSSR count). The van der Waals surface area contributed by atoms with Crippen LogP contribution in [0.25, 0.3) is 0 Å². The molecular formula is C23H29N3O3. The average molecular weight is 396 g/mol. The Morgan fingerprint density at radius 2 is 1.66 bits per heavy atom. The highest BCUT2D eigenvalue weighted by molar-refractivity contribution is 5.94. The average Bonchev–Trinajstić information content (AvgIpc) is 2.74. The molecule has 6 nitrogen and oxygen atoms in total. The van der Waals surface area contributed by atoms with E-state index < -0.39 is 0 Å². The highest BCUT2D eigenvalue weighted by Gasteiger charge is 2.21. The van der Waals surface area contributed by atoms with Gasteiger partial charge in [-0.15, -0.1) is 0 Å².